The van der Waals surface area contributed by atoms with Gasteiger partial charge in [-0.3, -0.25) is 10.8 Å². The fourth-order valence-electron chi connectivity index (χ4n) is 2.77. The predicted octanol–water partition coefficient (Wildman–Crippen LogP) is 3.40. The molecule has 0 aliphatic carbocycles. The van der Waals surface area contributed by atoms with Gasteiger partial charge in [0.2, 0.25) is 0 Å². The summed E-state index contributed by atoms with van der Waals surface area (Å²) in [5.41, 5.74) is 8.42. The van der Waals surface area contributed by atoms with Crippen molar-refractivity contribution in [3.05, 3.63) is 77.0 Å². The van der Waals surface area contributed by atoms with Crippen molar-refractivity contribution in [1.82, 2.24) is 10.4 Å². The van der Waals surface area contributed by atoms with Crippen LogP contribution in [0.15, 0.2) is 54.6 Å². The van der Waals surface area contributed by atoms with Gasteiger partial charge in [-0.1, -0.05) is 42.5 Å². The maximum Gasteiger partial charge on any atom is 0.0884 e. The molecule has 0 radical (unpaired) electrons. The van der Waals surface area contributed by atoms with Crippen molar-refractivity contribution < 1.29 is 0 Å². The van der Waals surface area contributed by atoms with Crippen molar-refractivity contribution in [3.8, 4) is 0 Å². The van der Waals surface area contributed by atoms with E-state index in [1.165, 1.54) is 16.5 Å². The van der Waals surface area contributed by atoms with Crippen LogP contribution in [-0.4, -0.2) is 4.98 Å². The molecule has 1 aromatic heterocycles. The average molecular weight is 277 g/mol. The molecule has 3 N–H and O–H groups in total. The van der Waals surface area contributed by atoms with Gasteiger partial charge in [-0.25, -0.2) is 5.43 Å². The first-order valence-corrected chi connectivity index (χ1v) is 7.08. The van der Waals surface area contributed by atoms with Gasteiger partial charge < -0.3 is 0 Å². The minimum Gasteiger partial charge on any atom is -0.271 e. The van der Waals surface area contributed by atoms with Crippen LogP contribution in [0.1, 0.15) is 28.4 Å². The zero-order valence-electron chi connectivity index (χ0n) is 12.3. The highest BCUT2D eigenvalue weighted by Crippen LogP contribution is 2.26. The van der Waals surface area contributed by atoms with Crippen LogP contribution < -0.4 is 11.3 Å². The summed E-state index contributed by atoms with van der Waals surface area (Å²) in [6, 6.07) is 18.4. The van der Waals surface area contributed by atoms with Gasteiger partial charge in [0.15, 0.2) is 0 Å². The molecule has 21 heavy (non-hydrogen) atoms. The van der Waals surface area contributed by atoms with Gasteiger partial charge in [0.1, 0.15) is 0 Å². The quantitative estimate of drug-likeness (QED) is 0.570. The van der Waals surface area contributed by atoms with Crippen LogP contribution in [0.2, 0.25) is 0 Å². The second kappa shape index (κ2) is 5.64. The van der Waals surface area contributed by atoms with Gasteiger partial charge in [0.05, 0.1) is 17.3 Å². The first-order valence-electron chi connectivity index (χ1n) is 7.08. The molecule has 3 aromatic rings. The summed E-state index contributed by atoms with van der Waals surface area (Å²) in [4.78, 5) is 4.78. The van der Waals surface area contributed by atoms with E-state index in [9.17, 15) is 0 Å². The predicted molar refractivity (Wildman–Crippen MR) is 86.8 cm³/mol. The summed E-state index contributed by atoms with van der Waals surface area (Å²) in [6.07, 6.45) is 0. The molecule has 3 rings (SSSR count). The Hall–Kier alpha value is -2.23. The van der Waals surface area contributed by atoms with Crippen molar-refractivity contribution in [2.45, 2.75) is 19.9 Å². The van der Waals surface area contributed by atoms with E-state index in [0.717, 1.165) is 16.8 Å². The Morgan fingerprint density at radius 1 is 0.952 bits per heavy atom. The molecule has 0 spiro atoms. The third kappa shape index (κ3) is 2.53. The maximum atomic E-state index is 5.81. The van der Waals surface area contributed by atoms with E-state index in [4.69, 9.17) is 10.8 Å². The van der Waals surface area contributed by atoms with Gasteiger partial charge in [-0.15, -0.1) is 0 Å². The lowest BCUT2D eigenvalue weighted by Crippen LogP contribution is -2.30. The van der Waals surface area contributed by atoms with Crippen molar-refractivity contribution in [1.29, 1.82) is 0 Å². The second-order valence-corrected chi connectivity index (χ2v) is 5.34. The number of hydrazine groups is 1. The van der Waals surface area contributed by atoms with Crippen LogP contribution in [0.25, 0.3) is 10.9 Å². The molecule has 0 aliphatic rings. The monoisotopic (exact) mass is 277 g/mol. The molecule has 1 unspecified atom stereocenters. The van der Waals surface area contributed by atoms with Crippen molar-refractivity contribution in [3.63, 3.8) is 0 Å². The molecular weight excluding hydrogens is 258 g/mol. The number of para-hydroxylation sites is 1. The SMILES string of the molecule is Cc1ccccc1C(NN)c1cc(C)c2ccccc2n1. The number of nitrogens with one attached hydrogen (secondary N) is 1. The molecule has 106 valence electrons. The normalized spacial score (nSPS) is 12.5. The number of pyridine rings is 1. The van der Waals surface area contributed by atoms with E-state index in [2.05, 4.69) is 43.5 Å². The van der Waals surface area contributed by atoms with Crippen LogP contribution in [0, 0.1) is 13.8 Å². The third-order valence-corrected chi connectivity index (χ3v) is 3.90. The highest BCUT2D eigenvalue weighted by Gasteiger charge is 2.17. The van der Waals surface area contributed by atoms with Crippen molar-refractivity contribution in [2.24, 2.45) is 5.84 Å². The summed E-state index contributed by atoms with van der Waals surface area (Å²) < 4.78 is 0. The van der Waals surface area contributed by atoms with Gasteiger partial charge in [0.25, 0.3) is 0 Å². The minimum absolute atomic E-state index is 0.102. The topological polar surface area (TPSA) is 50.9 Å². The van der Waals surface area contributed by atoms with Crippen LogP contribution in [0.3, 0.4) is 0 Å². The van der Waals surface area contributed by atoms with Gasteiger partial charge in [-0.05, 0) is 42.7 Å². The Morgan fingerprint density at radius 2 is 1.67 bits per heavy atom. The number of nitrogens with two attached hydrogens (primary N) is 1. The van der Waals surface area contributed by atoms with Gasteiger partial charge in [0, 0.05) is 5.39 Å². The van der Waals surface area contributed by atoms with E-state index < -0.39 is 0 Å². The van der Waals surface area contributed by atoms with Crippen LogP contribution in [-0.2, 0) is 0 Å². The summed E-state index contributed by atoms with van der Waals surface area (Å²) in [5.74, 6) is 5.81. The Balaban J connectivity index is 2.16. The molecule has 0 aliphatic heterocycles. The number of benzene rings is 2. The fourth-order valence-corrected chi connectivity index (χ4v) is 2.77. The molecule has 0 saturated carbocycles. The molecule has 1 heterocycles. The summed E-state index contributed by atoms with van der Waals surface area (Å²) >= 11 is 0. The van der Waals surface area contributed by atoms with Crippen LogP contribution in [0.4, 0.5) is 0 Å². The van der Waals surface area contributed by atoms with E-state index in [1.807, 2.05) is 30.3 Å². The fraction of sp³-hybridized carbons (Fsp3) is 0.167. The first kappa shape index (κ1) is 13.7. The second-order valence-electron chi connectivity index (χ2n) is 5.34. The largest absolute Gasteiger partial charge is 0.271 e. The van der Waals surface area contributed by atoms with Gasteiger partial charge in [-0.2, -0.15) is 0 Å². The molecule has 2 aromatic carbocycles. The molecule has 0 bridgehead atoms. The number of fused-ring (bicyclic) bond motifs is 1. The Kier molecular flexibility index (Phi) is 3.69. The van der Waals surface area contributed by atoms with E-state index in [0.29, 0.717) is 0 Å². The smallest absolute Gasteiger partial charge is 0.0884 e. The van der Waals surface area contributed by atoms with E-state index in [1.54, 1.807) is 0 Å². The van der Waals surface area contributed by atoms with E-state index in [-0.39, 0.29) is 6.04 Å². The number of nitrogens with zero attached hydrogens (tertiary/aromatic N) is 1. The molecule has 0 fully saturated rings. The number of aryl methyl sites for hydroxylation is 2. The van der Waals surface area contributed by atoms with Crippen molar-refractivity contribution >= 4 is 10.9 Å². The Labute approximate surface area is 124 Å². The third-order valence-electron chi connectivity index (χ3n) is 3.90. The summed E-state index contributed by atoms with van der Waals surface area (Å²) in [7, 11) is 0. The molecule has 3 heteroatoms. The average Bonchev–Trinajstić information content (AvgIpc) is 2.50. The van der Waals surface area contributed by atoms with Gasteiger partial charge >= 0.3 is 0 Å². The number of hydrogen-bond acceptors (Lipinski definition) is 3. The standard InChI is InChI=1S/C18H19N3/c1-12-7-3-4-9-15(12)18(21-19)17-11-13(2)14-8-5-6-10-16(14)20-17/h3-11,18,21H,19H2,1-2H3. The molecule has 0 amide bonds. The first-order chi connectivity index (χ1) is 10.2. The molecule has 3 nitrogen and oxygen atoms in total. The molecular formula is C18H19N3. The zero-order chi connectivity index (χ0) is 14.8. The molecule has 0 saturated heterocycles. The van der Waals surface area contributed by atoms with Crippen LogP contribution in [0.5, 0.6) is 0 Å². The highest BCUT2D eigenvalue weighted by molar-refractivity contribution is 5.82. The van der Waals surface area contributed by atoms with Crippen LogP contribution >= 0.6 is 0 Å². The maximum absolute atomic E-state index is 5.81. The van der Waals surface area contributed by atoms with E-state index >= 15 is 0 Å². The van der Waals surface area contributed by atoms with Crippen molar-refractivity contribution in [2.75, 3.05) is 0 Å². The molecule has 1 atom stereocenters. The number of rotatable bonds is 3. The summed E-state index contributed by atoms with van der Waals surface area (Å²) in [6.45, 7) is 4.20. The number of aromatic nitrogens is 1. The number of hydrogen-bond donors (Lipinski definition) is 2. The Morgan fingerprint density at radius 3 is 2.43 bits per heavy atom. The lowest BCUT2D eigenvalue weighted by atomic mass is 9.97. The lowest BCUT2D eigenvalue weighted by molar-refractivity contribution is 0.619. The highest BCUT2D eigenvalue weighted by atomic mass is 15.2. The zero-order valence-corrected chi connectivity index (χ0v) is 12.3. The minimum atomic E-state index is -0.102. The Bertz CT molecular complexity index is 780. The lowest BCUT2D eigenvalue weighted by Gasteiger charge is -2.19. The summed E-state index contributed by atoms with van der Waals surface area (Å²) in [5, 5.41) is 1.18.